The number of halogens is 1. The molecule has 5 heteroatoms. The Morgan fingerprint density at radius 1 is 1.09 bits per heavy atom. The van der Waals surface area contributed by atoms with Gasteiger partial charge in [-0.2, -0.15) is 0 Å². The van der Waals surface area contributed by atoms with E-state index in [-0.39, 0.29) is 24.4 Å². The van der Waals surface area contributed by atoms with Crippen LogP contribution in [0.3, 0.4) is 0 Å². The molecule has 0 aromatic heterocycles. The third kappa shape index (κ3) is 4.83. The molecule has 0 aliphatic heterocycles. The summed E-state index contributed by atoms with van der Waals surface area (Å²) in [5.74, 6) is -0.415. The van der Waals surface area contributed by atoms with Crippen LogP contribution in [-0.2, 0) is 9.59 Å². The zero-order chi connectivity index (χ0) is 16.8. The molecule has 2 rings (SSSR count). The van der Waals surface area contributed by atoms with Crippen LogP contribution in [0.25, 0.3) is 0 Å². The first kappa shape index (κ1) is 17.0. The number of carbonyl (C=O) groups excluding carboxylic acids is 2. The van der Waals surface area contributed by atoms with E-state index in [2.05, 4.69) is 5.32 Å². The summed E-state index contributed by atoms with van der Waals surface area (Å²) in [6.45, 7) is 3.31. The summed E-state index contributed by atoms with van der Waals surface area (Å²) in [7, 11) is 0. The van der Waals surface area contributed by atoms with E-state index in [1.807, 2.05) is 37.3 Å². The molecule has 2 aromatic rings. The molecule has 23 heavy (non-hydrogen) atoms. The average Bonchev–Trinajstić information content (AvgIpc) is 2.54. The molecule has 1 N–H and O–H groups in total. The van der Waals surface area contributed by atoms with Crippen LogP contribution < -0.4 is 10.2 Å². The first-order valence-electron chi connectivity index (χ1n) is 7.35. The fourth-order valence-electron chi connectivity index (χ4n) is 2.26. The Morgan fingerprint density at radius 2 is 1.70 bits per heavy atom. The number of hydrogen-bond donors (Lipinski definition) is 1. The maximum Gasteiger partial charge on any atom is 0.240 e. The standard InChI is InChI=1S/C18H19ClN2O2/c1-13(15-6-4-3-5-7-15)20-18(23)12-21(14(2)22)17-10-8-16(19)9-11-17/h3-11,13H,12H2,1-2H3,(H,20,23). The highest BCUT2D eigenvalue weighted by atomic mass is 35.5. The second kappa shape index (κ2) is 7.79. The molecule has 0 spiro atoms. The van der Waals surface area contributed by atoms with Crippen molar-refractivity contribution in [3.05, 3.63) is 65.2 Å². The molecule has 0 aliphatic rings. The van der Waals surface area contributed by atoms with Crippen molar-refractivity contribution in [2.45, 2.75) is 19.9 Å². The molecule has 1 unspecified atom stereocenters. The zero-order valence-corrected chi connectivity index (χ0v) is 13.9. The van der Waals surface area contributed by atoms with E-state index in [9.17, 15) is 9.59 Å². The second-order valence-corrected chi connectivity index (χ2v) is 5.72. The van der Waals surface area contributed by atoms with Crippen LogP contribution in [0.4, 0.5) is 5.69 Å². The molecule has 2 aromatic carbocycles. The first-order valence-corrected chi connectivity index (χ1v) is 7.73. The number of hydrogen-bond acceptors (Lipinski definition) is 2. The maximum atomic E-state index is 12.3. The molecule has 0 heterocycles. The van der Waals surface area contributed by atoms with Gasteiger partial charge in [0.1, 0.15) is 6.54 Å². The molecule has 0 saturated heterocycles. The normalized spacial score (nSPS) is 11.6. The summed E-state index contributed by atoms with van der Waals surface area (Å²) in [6.07, 6.45) is 0. The minimum Gasteiger partial charge on any atom is -0.348 e. The minimum atomic E-state index is -0.216. The number of benzene rings is 2. The summed E-state index contributed by atoms with van der Waals surface area (Å²) in [6, 6.07) is 16.4. The molecule has 0 saturated carbocycles. The summed E-state index contributed by atoms with van der Waals surface area (Å²) in [5.41, 5.74) is 1.66. The third-order valence-corrected chi connectivity index (χ3v) is 3.75. The van der Waals surface area contributed by atoms with E-state index >= 15 is 0 Å². The van der Waals surface area contributed by atoms with E-state index in [4.69, 9.17) is 11.6 Å². The highest BCUT2D eigenvalue weighted by Crippen LogP contribution is 2.18. The van der Waals surface area contributed by atoms with Gasteiger partial charge in [-0.15, -0.1) is 0 Å². The second-order valence-electron chi connectivity index (χ2n) is 5.28. The fourth-order valence-corrected chi connectivity index (χ4v) is 2.39. The Balaban J connectivity index is 2.04. The third-order valence-electron chi connectivity index (χ3n) is 3.50. The van der Waals surface area contributed by atoms with Crippen molar-refractivity contribution in [1.82, 2.24) is 5.32 Å². The number of nitrogens with one attached hydrogen (secondary N) is 1. The van der Waals surface area contributed by atoms with E-state index in [0.717, 1.165) is 5.56 Å². The largest absolute Gasteiger partial charge is 0.348 e. The van der Waals surface area contributed by atoms with Gasteiger partial charge in [0.05, 0.1) is 6.04 Å². The molecular formula is C18H19ClN2O2. The number of amides is 2. The van der Waals surface area contributed by atoms with Crippen molar-refractivity contribution in [3.63, 3.8) is 0 Å². The number of nitrogens with zero attached hydrogens (tertiary/aromatic N) is 1. The van der Waals surface area contributed by atoms with Crippen LogP contribution in [0, 0.1) is 0 Å². The smallest absolute Gasteiger partial charge is 0.240 e. The van der Waals surface area contributed by atoms with Crippen molar-refractivity contribution >= 4 is 29.1 Å². The van der Waals surface area contributed by atoms with Crippen LogP contribution >= 0.6 is 11.6 Å². The summed E-state index contributed by atoms with van der Waals surface area (Å²) < 4.78 is 0. The number of anilines is 1. The Hall–Kier alpha value is -2.33. The van der Waals surface area contributed by atoms with Gasteiger partial charge >= 0.3 is 0 Å². The Morgan fingerprint density at radius 3 is 2.26 bits per heavy atom. The number of rotatable bonds is 5. The SMILES string of the molecule is CC(=O)N(CC(=O)NC(C)c1ccccc1)c1ccc(Cl)cc1. The van der Waals surface area contributed by atoms with Crippen LogP contribution in [0.1, 0.15) is 25.5 Å². The van der Waals surface area contributed by atoms with E-state index in [1.54, 1.807) is 24.3 Å². The highest BCUT2D eigenvalue weighted by molar-refractivity contribution is 6.30. The van der Waals surface area contributed by atoms with E-state index in [1.165, 1.54) is 11.8 Å². The quantitative estimate of drug-likeness (QED) is 0.911. The Bertz CT molecular complexity index is 671. The van der Waals surface area contributed by atoms with E-state index < -0.39 is 0 Å². The molecule has 0 aliphatic carbocycles. The van der Waals surface area contributed by atoms with Crippen molar-refractivity contribution in [2.24, 2.45) is 0 Å². The van der Waals surface area contributed by atoms with Crippen LogP contribution in [-0.4, -0.2) is 18.4 Å². The predicted octanol–water partition coefficient (Wildman–Crippen LogP) is 3.57. The summed E-state index contributed by atoms with van der Waals surface area (Å²) >= 11 is 5.86. The molecule has 4 nitrogen and oxygen atoms in total. The lowest BCUT2D eigenvalue weighted by atomic mass is 10.1. The lowest BCUT2D eigenvalue weighted by Crippen LogP contribution is -2.40. The van der Waals surface area contributed by atoms with Gasteiger partial charge in [-0.25, -0.2) is 0 Å². The maximum absolute atomic E-state index is 12.3. The van der Waals surface area contributed by atoms with Gasteiger partial charge in [0.25, 0.3) is 0 Å². The molecule has 0 bridgehead atoms. The summed E-state index contributed by atoms with van der Waals surface area (Å²) in [5, 5.41) is 3.49. The molecule has 0 fully saturated rings. The van der Waals surface area contributed by atoms with Crippen molar-refractivity contribution < 1.29 is 9.59 Å². The monoisotopic (exact) mass is 330 g/mol. The Kier molecular flexibility index (Phi) is 5.77. The lowest BCUT2D eigenvalue weighted by molar-refractivity contribution is -0.123. The molecule has 0 radical (unpaired) electrons. The van der Waals surface area contributed by atoms with Gasteiger partial charge < -0.3 is 10.2 Å². The molecule has 2 amide bonds. The zero-order valence-electron chi connectivity index (χ0n) is 13.1. The molecule has 1 atom stereocenters. The Labute approximate surface area is 141 Å². The number of carbonyl (C=O) groups is 2. The first-order chi connectivity index (χ1) is 11.0. The molecular weight excluding hydrogens is 312 g/mol. The van der Waals surface area contributed by atoms with Crippen molar-refractivity contribution in [1.29, 1.82) is 0 Å². The summed E-state index contributed by atoms with van der Waals surface area (Å²) in [4.78, 5) is 25.5. The topological polar surface area (TPSA) is 49.4 Å². The van der Waals surface area contributed by atoms with E-state index in [0.29, 0.717) is 10.7 Å². The van der Waals surface area contributed by atoms with Gasteiger partial charge in [0.2, 0.25) is 11.8 Å². The van der Waals surface area contributed by atoms with Gasteiger partial charge in [-0.05, 0) is 36.8 Å². The molecule has 120 valence electrons. The van der Waals surface area contributed by atoms with Crippen LogP contribution in [0.5, 0.6) is 0 Å². The fraction of sp³-hybridized carbons (Fsp3) is 0.222. The van der Waals surface area contributed by atoms with Crippen LogP contribution in [0.15, 0.2) is 54.6 Å². The van der Waals surface area contributed by atoms with Gasteiger partial charge in [-0.1, -0.05) is 41.9 Å². The average molecular weight is 331 g/mol. The minimum absolute atomic E-state index is 0.0336. The lowest BCUT2D eigenvalue weighted by Gasteiger charge is -2.22. The van der Waals surface area contributed by atoms with Gasteiger partial charge in [0.15, 0.2) is 0 Å². The highest BCUT2D eigenvalue weighted by Gasteiger charge is 2.17. The van der Waals surface area contributed by atoms with Crippen LogP contribution in [0.2, 0.25) is 5.02 Å². The van der Waals surface area contributed by atoms with Gasteiger partial charge in [-0.3, -0.25) is 9.59 Å². The van der Waals surface area contributed by atoms with Gasteiger partial charge in [0, 0.05) is 17.6 Å². The van der Waals surface area contributed by atoms with Crippen molar-refractivity contribution in [3.8, 4) is 0 Å². The predicted molar refractivity (Wildman–Crippen MR) is 92.5 cm³/mol. The van der Waals surface area contributed by atoms with Crippen molar-refractivity contribution in [2.75, 3.05) is 11.4 Å².